The van der Waals surface area contributed by atoms with E-state index in [9.17, 15) is 5.11 Å². The number of rotatable bonds is 6. The summed E-state index contributed by atoms with van der Waals surface area (Å²) < 4.78 is 0. The Kier molecular flexibility index (Phi) is 6.45. The van der Waals surface area contributed by atoms with Crippen molar-refractivity contribution in [3.8, 4) is 0 Å². The van der Waals surface area contributed by atoms with Crippen LogP contribution in [0.5, 0.6) is 0 Å². The Balaban J connectivity index is 2.37. The third-order valence-corrected chi connectivity index (χ3v) is 4.08. The number of hydrogen-bond donors (Lipinski definition) is 3. The summed E-state index contributed by atoms with van der Waals surface area (Å²) in [6.45, 7) is 7.04. The fraction of sp³-hybridized carbons (Fsp3) is 1.00. The summed E-state index contributed by atoms with van der Waals surface area (Å²) in [6.07, 6.45) is 5.86. The molecule has 3 heteroatoms. The van der Waals surface area contributed by atoms with Crippen molar-refractivity contribution in [3.05, 3.63) is 0 Å². The Hall–Kier alpha value is -0.120. The minimum absolute atomic E-state index is 0.234. The van der Waals surface area contributed by atoms with Crippen LogP contribution in [0.1, 0.15) is 52.9 Å². The molecule has 0 heterocycles. The molecule has 0 radical (unpaired) electrons. The molecule has 0 aromatic carbocycles. The van der Waals surface area contributed by atoms with Crippen molar-refractivity contribution in [2.24, 2.45) is 17.6 Å². The van der Waals surface area contributed by atoms with Gasteiger partial charge in [0.25, 0.3) is 0 Å². The van der Waals surface area contributed by atoms with Crippen molar-refractivity contribution in [3.63, 3.8) is 0 Å². The largest absolute Gasteiger partial charge is 0.393 e. The van der Waals surface area contributed by atoms with Crippen molar-refractivity contribution in [2.75, 3.05) is 6.54 Å². The fourth-order valence-electron chi connectivity index (χ4n) is 3.03. The van der Waals surface area contributed by atoms with E-state index in [2.05, 4.69) is 19.2 Å². The molecule has 0 bridgehead atoms. The van der Waals surface area contributed by atoms with Gasteiger partial charge >= 0.3 is 0 Å². The maximum absolute atomic E-state index is 9.38. The summed E-state index contributed by atoms with van der Waals surface area (Å²) >= 11 is 0. The zero-order chi connectivity index (χ0) is 12.8. The first-order valence-electron chi connectivity index (χ1n) is 7.17. The summed E-state index contributed by atoms with van der Waals surface area (Å²) in [7, 11) is 0. The van der Waals surface area contributed by atoms with Crippen LogP contribution in [-0.4, -0.2) is 29.8 Å². The number of aliphatic hydroxyl groups is 1. The number of nitrogens with one attached hydrogen (secondary N) is 1. The molecule has 1 fully saturated rings. The van der Waals surface area contributed by atoms with Gasteiger partial charge in [0.2, 0.25) is 0 Å². The Morgan fingerprint density at radius 1 is 1.24 bits per heavy atom. The van der Waals surface area contributed by atoms with Crippen LogP contribution in [0.25, 0.3) is 0 Å². The first kappa shape index (κ1) is 14.9. The van der Waals surface area contributed by atoms with Crippen LogP contribution >= 0.6 is 0 Å². The molecule has 0 saturated heterocycles. The highest BCUT2D eigenvalue weighted by Gasteiger charge is 2.26. The number of nitrogens with two attached hydrogens (primary N) is 1. The van der Waals surface area contributed by atoms with E-state index in [1.165, 1.54) is 25.7 Å². The summed E-state index contributed by atoms with van der Waals surface area (Å²) in [5.41, 5.74) is 5.89. The van der Waals surface area contributed by atoms with Gasteiger partial charge in [0.1, 0.15) is 0 Å². The van der Waals surface area contributed by atoms with Gasteiger partial charge in [0.15, 0.2) is 0 Å². The second-order valence-electron chi connectivity index (χ2n) is 6.01. The zero-order valence-electron chi connectivity index (χ0n) is 11.7. The highest BCUT2D eigenvalue weighted by molar-refractivity contribution is 4.83. The highest BCUT2D eigenvalue weighted by atomic mass is 16.3. The van der Waals surface area contributed by atoms with Crippen molar-refractivity contribution >= 4 is 0 Å². The Morgan fingerprint density at radius 3 is 2.29 bits per heavy atom. The minimum atomic E-state index is -0.234. The van der Waals surface area contributed by atoms with Gasteiger partial charge in [-0.25, -0.2) is 0 Å². The lowest BCUT2D eigenvalue weighted by Crippen LogP contribution is -2.47. The van der Waals surface area contributed by atoms with Gasteiger partial charge in [-0.1, -0.05) is 19.8 Å². The number of hydrogen-bond acceptors (Lipinski definition) is 3. The third kappa shape index (κ3) is 5.36. The molecule has 102 valence electrons. The predicted octanol–water partition coefficient (Wildman–Crippen LogP) is 1.89. The van der Waals surface area contributed by atoms with Crippen LogP contribution in [0.2, 0.25) is 0 Å². The maximum atomic E-state index is 9.38. The topological polar surface area (TPSA) is 58.3 Å². The fourth-order valence-corrected chi connectivity index (χ4v) is 3.03. The van der Waals surface area contributed by atoms with Crippen molar-refractivity contribution in [2.45, 2.75) is 71.1 Å². The molecule has 3 atom stereocenters. The number of aliphatic hydroxyl groups excluding tert-OH is 1. The summed E-state index contributed by atoms with van der Waals surface area (Å²) in [5, 5.41) is 13.0. The van der Waals surface area contributed by atoms with Crippen LogP contribution in [0.4, 0.5) is 0 Å². The monoisotopic (exact) mass is 242 g/mol. The van der Waals surface area contributed by atoms with E-state index in [0.717, 1.165) is 18.3 Å². The lowest BCUT2D eigenvalue weighted by molar-refractivity contribution is 0.158. The SMILES string of the molecule is CC(O)CC(C)NC(CN)C1CCC(C)CC1. The molecule has 1 aliphatic rings. The smallest absolute Gasteiger partial charge is 0.0526 e. The standard InChI is InChI=1S/C14H30N2O/c1-10-4-6-13(7-5-10)14(9-15)16-11(2)8-12(3)17/h10-14,16-17H,4-9,15H2,1-3H3. The van der Waals surface area contributed by atoms with E-state index < -0.39 is 0 Å². The molecule has 1 rings (SSSR count). The lowest BCUT2D eigenvalue weighted by Gasteiger charge is -2.34. The minimum Gasteiger partial charge on any atom is -0.393 e. The van der Waals surface area contributed by atoms with Gasteiger partial charge in [-0.2, -0.15) is 0 Å². The Morgan fingerprint density at radius 2 is 1.82 bits per heavy atom. The molecule has 1 aliphatic carbocycles. The predicted molar refractivity (Wildman–Crippen MR) is 72.9 cm³/mol. The molecule has 0 amide bonds. The molecule has 1 saturated carbocycles. The molecule has 3 nitrogen and oxygen atoms in total. The van der Waals surface area contributed by atoms with Crippen LogP contribution in [0.3, 0.4) is 0 Å². The molecular weight excluding hydrogens is 212 g/mol. The van der Waals surface area contributed by atoms with E-state index in [0.29, 0.717) is 18.6 Å². The van der Waals surface area contributed by atoms with Crippen LogP contribution in [-0.2, 0) is 0 Å². The van der Waals surface area contributed by atoms with Crippen LogP contribution in [0, 0.1) is 11.8 Å². The lowest BCUT2D eigenvalue weighted by atomic mass is 9.79. The second kappa shape index (κ2) is 7.34. The van der Waals surface area contributed by atoms with E-state index >= 15 is 0 Å². The summed E-state index contributed by atoms with van der Waals surface area (Å²) in [5.74, 6) is 1.62. The van der Waals surface area contributed by atoms with Gasteiger partial charge in [-0.3, -0.25) is 0 Å². The molecule has 4 N–H and O–H groups in total. The van der Waals surface area contributed by atoms with E-state index in [1.807, 2.05) is 6.92 Å². The molecule has 3 unspecified atom stereocenters. The van der Waals surface area contributed by atoms with E-state index in [4.69, 9.17) is 5.73 Å². The quantitative estimate of drug-likeness (QED) is 0.666. The van der Waals surface area contributed by atoms with E-state index in [1.54, 1.807) is 0 Å². The van der Waals surface area contributed by atoms with Gasteiger partial charge in [0, 0.05) is 18.6 Å². The van der Waals surface area contributed by atoms with Gasteiger partial charge in [-0.05, 0) is 44.9 Å². The molecular formula is C14H30N2O. The van der Waals surface area contributed by atoms with Gasteiger partial charge in [0.05, 0.1) is 6.10 Å². The van der Waals surface area contributed by atoms with Gasteiger partial charge in [-0.15, -0.1) is 0 Å². The van der Waals surface area contributed by atoms with Crippen molar-refractivity contribution < 1.29 is 5.11 Å². The first-order valence-corrected chi connectivity index (χ1v) is 7.17. The normalized spacial score (nSPS) is 30.9. The molecule has 17 heavy (non-hydrogen) atoms. The maximum Gasteiger partial charge on any atom is 0.0526 e. The zero-order valence-corrected chi connectivity index (χ0v) is 11.7. The summed E-state index contributed by atoms with van der Waals surface area (Å²) in [6, 6.07) is 0.777. The van der Waals surface area contributed by atoms with Crippen LogP contribution < -0.4 is 11.1 Å². The highest BCUT2D eigenvalue weighted by Crippen LogP contribution is 2.30. The first-order chi connectivity index (χ1) is 8.02. The Bertz CT molecular complexity index is 200. The van der Waals surface area contributed by atoms with Gasteiger partial charge < -0.3 is 16.2 Å². The van der Waals surface area contributed by atoms with Crippen molar-refractivity contribution in [1.82, 2.24) is 5.32 Å². The van der Waals surface area contributed by atoms with Crippen LogP contribution in [0.15, 0.2) is 0 Å². The molecule has 0 aromatic heterocycles. The Labute approximate surface area is 106 Å². The second-order valence-corrected chi connectivity index (χ2v) is 6.01. The molecule has 0 aromatic rings. The summed E-state index contributed by atoms with van der Waals surface area (Å²) in [4.78, 5) is 0. The molecule has 0 spiro atoms. The average molecular weight is 242 g/mol. The van der Waals surface area contributed by atoms with E-state index in [-0.39, 0.29) is 6.10 Å². The molecule has 0 aliphatic heterocycles. The average Bonchev–Trinajstić information content (AvgIpc) is 2.26. The van der Waals surface area contributed by atoms with Crippen molar-refractivity contribution in [1.29, 1.82) is 0 Å². The third-order valence-electron chi connectivity index (χ3n) is 4.08.